The van der Waals surface area contributed by atoms with E-state index in [9.17, 15) is 0 Å². The molecule has 4 rings (SSSR count). The van der Waals surface area contributed by atoms with Crippen LogP contribution in [0, 0.1) is 0 Å². The summed E-state index contributed by atoms with van der Waals surface area (Å²) in [6, 6.07) is 16.7. The topological polar surface area (TPSA) is 27.7 Å². The molecule has 0 bridgehead atoms. The molecule has 1 fully saturated rings. The zero-order valence-electron chi connectivity index (χ0n) is 13.8. The number of aryl methyl sites for hydroxylation is 1. The first-order valence-electron chi connectivity index (χ1n) is 8.16. The van der Waals surface area contributed by atoms with Crippen LogP contribution < -0.4 is 4.74 Å². The summed E-state index contributed by atoms with van der Waals surface area (Å²) in [7, 11) is 1.71. The summed E-state index contributed by atoms with van der Waals surface area (Å²) in [5, 5.41) is 0. The summed E-state index contributed by atoms with van der Waals surface area (Å²) in [5.74, 6) is 0.297. The number of benzene rings is 2. The highest BCUT2D eigenvalue weighted by Gasteiger charge is 2.57. The van der Waals surface area contributed by atoms with Crippen LogP contribution in [0.5, 0.6) is 5.75 Å². The van der Waals surface area contributed by atoms with Gasteiger partial charge in [-0.1, -0.05) is 36.4 Å². The number of hydrogen-bond acceptors (Lipinski definition) is 3. The Bertz CT molecular complexity index is 723. The molecule has 0 amide bonds. The Morgan fingerprint density at radius 3 is 2.61 bits per heavy atom. The number of fused-ring (bicyclic) bond motifs is 3. The van der Waals surface area contributed by atoms with Crippen LogP contribution in [0.15, 0.2) is 48.5 Å². The van der Waals surface area contributed by atoms with Gasteiger partial charge in [0, 0.05) is 0 Å². The number of rotatable bonds is 2. The Labute approximate surface area is 137 Å². The van der Waals surface area contributed by atoms with Gasteiger partial charge in [-0.25, -0.2) is 0 Å². The lowest BCUT2D eigenvalue weighted by molar-refractivity contribution is -0.157. The number of ether oxygens (including phenoxy) is 3. The fraction of sp³-hybridized carbons (Fsp3) is 0.400. The summed E-state index contributed by atoms with van der Waals surface area (Å²) in [5.41, 5.74) is 3.10. The molecule has 0 saturated carbocycles. The second kappa shape index (κ2) is 5.08. The molecule has 2 atom stereocenters. The van der Waals surface area contributed by atoms with Crippen LogP contribution >= 0.6 is 0 Å². The molecule has 3 heteroatoms. The number of methoxy groups -OCH3 is 1. The van der Waals surface area contributed by atoms with Gasteiger partial charge in [0.1, 0.15) is 11.4 Å². The maximum Gasteiger partial charge on any atom is 0.165 e. The van der Waals surface area contributed by atoms with Crippen LogP contribution in [0.4, 0.5) is 0 Å². The van der Waals surface area contributed by atoms with Crippen molar-refractivity contribution < 1.29 is 14.2 Å². The lowest BCUT2D eigenvalue weighted by Crippen LogP contribution is -2.42. The molecular weight excluding hydrogens is 288 g/mol. The Balaban J connectivity index is 1.94. The fourth-order valence-electron chi connectivity index (χ4n) is 4.03. The highest BCUT2D eigenvalue weighted by atomic mass is 16.8. The molecule has 120 valence electrons. The monoisotopic (exact) mass is 310 g/mol. The van der Waals surface area contributed by atoms with Crippen LogP contribution in [0.25, 0.3) is 0 Å². The van der Waals surface area contributed by atoms with Gasteiger partial charge in [-0.2, -0.15) is 0 Å². The van der Waals surface area contributed by atoms with Gasteiger partial charge < -0.3 is 14.2 Å². The predicted octanol–water partition coefficient (Wildman–Crippen LogP) is 4.04. The third-order valence-corrected chi connectivity index (χ3v) is 4.88. The second-order valence-electron chi connectivity index (χ2n) is 6.77. The zero-order valence-corrected chi connectivity index (χ0v) is 13.8. The van der Waals surface area contributed by atoms with Crippen LogP contribution in [0.3, 0.4) is 0 Å². The minimum absolute atomic E-state index is 0.0285. The average Bonchev–Trinajstić information content (AvgIpc) is 2.86. The molecule has 2 aliphatic rings. The molecule has 0 radical (unpaired) electrons. The van der Waals surface area contributed by atoms with Crippen LogP contribution in [-0.2, 0) is 21.5 Å². The van der Waals surface area contributed by atoms with Crippen molar-refractivity contribution in [3.05, 3.63) is 65.2 Å². The molecule has 3 nitrogen and oxygen atoms in total. The summed E-state index contributed by atoms with van der Waals surface area (Å²) < 4.78 is 18.2. The van der Waals surface area contributed by atoms with Gasteiger partial charge in [0.25, 0.3) is 0 Å². The molecule has 23 heavy (non-hydrogen) atoms. The van der Waals surface area contributed by atoms with Crippen molar-refractivity contribution in [1.82, 2.24) is 0 Å². The van der Waals surface area contributed by atoms with Gasteiger partial charge in [0.2, 0.25) is 0 Å². The molecule has 0 unspecified atom stereocenters. The molecule has 2 aromatic carbocycles. The highest BCUT2D eigenvalue weighted by molar-refractivity contribution is 5.48. The fourth-order valence-corrected chi connectivity index (χ4v) is 4.03. The van der Waals surface area contributed by atoms with E-state index >= 15 is 0 Å². The van der Waals surface area contributed by atoms with E-state index in [1.807, 2.05) is 26.0 Å². The smallest absolute Gasteiger partial charge is 0.165 e. The summed E-state index contributed by atoms with van der Waals surface area (Å²) >= 11 is 0. The zero-order chi connectivity index (χ0) is 16.1. The number of hydrogen-bond donors (Lipinski definition) is 0. The summed E-state index contributed by atoms with van der Waals surface area (Å²) in [6.07, 6.45) is 1.95. The molecular formula is C20H22O3. The van der Waals surface area contributed by atoms with Crippen LogP contribution in [0.2, 0.25) is 0 Å². The van der Waals surface area contributed by atoms with E-state index in [-0.39, 0.29) is 6.10 Å². The molecule has 1 aliphatic carbocycles. The van der Waals surface area contributed by atoms with Crippen molar-refractivity contribution in [2.75, 3.05) is 7.11 Å². The van der Waals surface area contributed by atoms with E-state index in [4.69, 9.17) is 14.2 Å². The van der Waals surface area contributed by atoms with Gasteiger partial charge in [0.15, 0.2) is 5.79 Å². The first-order valence-corrected chi connectivity index (χ1v) is 8.16. The first kappa shape index (κ1) is 14.7. The SMILES string of the molecule is COc1ccc2c(c1)CC[C@@H]1OC(C)(C)O[C@]21c1ccccc1. The van der Waals surface area contributed by atoms with Gasteiger partial charge >= 0.3 is 0 Å². The molecule has 2 aromatic rings. The highest BCUT2D eigenvalue weighted by Crippen LogP contribution is 2.53. The first-order chi connectivity index (χ1) is 11.0. The van der Waals surface area contributed by atoms with Gasteiger partial charge in [-0.3, -0.25) is 0 Å². The van der Waals surface area contributed by atoms with Crippen molar-refractivity contribution in [1.29, 1.82) is 0 Å². The van der Waals surface area contributed by atoms with E-state index in [1.54, 1.807) is 7.11 Å². The normalized spacial score (nSPS) is 28.0. The van der Waals surface area contributed by atoms with Crippen molar-refractivity contribution in [2.45, 2.75) is 44.2 Å². The van der Waals surface area contributed by atoms with Crippen molar-refractivity contribution in [3.8, 4) is 5.75 Å². The van der Waals surface area contributed by atoms with E-state index in [2.05, 4.69) is 36.4 Å². The summed E-state index contributed by atoms with van der Waals surface area (Å²) in [4.78, 5) is 0. The standard InChI is InChI=1S/C20H22O3/c1-19(2)22-18-12-9-14-13-16(21-3)10-11-17(14)20(18,23-19)15-7-5-4-6-8-15/h4-8,10-11,13,18H,9,12H2,1-3H3/t18-,20+/m0/s1. The molecule has 1 aliphatic heterocycles. The third kappa shape index (κ3) is 2.19. The molecule has 0 spiro atoms. The Morgan fingerprint density at radius 1 is 1.09 bits per heavy atom. The summed E-state index contributed by atoms with van der Waals surface area (Å²) in [6.45, 7) is 4.00. The largest absolute Gasteiger partial charge is 0.497 e. The predicted molar refractivity (Wildman–Crippen MR) is 88.6 cm³/mol. The van der Waals surface area contributed by atoms with Gasteiger partial charge in [0.05, 0.1) is 13.2 Å². The minimum atomic E-state index is -0.595. The van der Waals surface area contributed by atoms with E-state index in [0.29, 0.717) is 0 Å². The van der Waals surface area contributed by atoms with Crippen molar-refractivity contribution in [2.24, 2.45) is 0 Å². The minimum Gasteiger partial charge on any atom is -0.497 e. The lowest BCUT2D eigenvalue weighted by atomic mass is 9.73. The van der Waals surface area contributed by atoms with E-state index in [1.165, 1.54) is 11.1 Å². The van der Waals surface area contributed by atoms with Crippen LogP contribution in [0.1, 0.15) is 37.0 Å². The maximum absolute atomic E-state index is 6.56. The second-order valence-corrected chi connectivity index (χ2v) is 6.77. The Morgan fingerprint density at radius 2 is 1.87 bits per heavy atom. The van der Waals surface area contributed by atoms with E-state index < -0.39 is 11.4 Å². The average molecular weight is 310 g/mol. The Kier molecular flexibility index (Phi) is 3.26. The molecule has 0 aromatic heterocycles. The van der Waals surface area contributed by atoms with Crippen LogP contribution in [-0.4, -0.2) is 19.0 Å². The maximum atomic E-state index is 6.56. The molecule has 1 heterocycles. The Hall–Kier alpha value is -1.84. The van der Waals surface area contributed by atoms with E-state index in [0.717, 1.165) is 24.2 Å². The lowest BCUT2D eigenvalue weighted by Gasteiger charge is -2.39. The molecule has 0 N–H and O–H groups in total. The van der Waals surface area contributed by atoms with Crippen molar-refractivity contribution in [3.63, 3.8) is 0 Å². The van der Waals surface area contributed by atoms with Gasteiger partial charge in [-0.15, -0.1) is 0 Å². The van der Waals surface area contributed by atoms with Crippen molar-refractivity contribution >= 4 is 0 Å². The third-order valence-electron chi connectivity index (χ3n) is 4.88. The molecule has 1 saturated heterocycles. The quantitative estimate of drug-likeness (QED) is 0.838. The van der Waals surface area contributed by atoms with Gasteiger partial charge in [-0.05, 0) is 55.5 Å².